The van der Waals surface area contributed by atoms with E-state index in [0.29, 0.717) is 0 Å². The molecule has 0 aromatic carbocycles. The van der Waals surface area contributed by atoms with Crippen molar-refractivity contribution in [2.24, 2.45) is 5.73 Å². The van der Waals surface area contributed by atoms with E-state index in [-0.39, 0.29) is 3.96 Å². The molecule has 3 heteroatoms. The number of carbonyl (C=O) groups is 1. The molecule has 0 aliphatic heterocycles. The van der Waals surface area contributed by atoms with Gasteiger partial charge < -0.3 is 0 Å². The van der Waals surface area contributed by atoms with Crippen LogP contribution in [0.5, 0.6) is 0 Å². The zero-order valence-corrected chi connectivity index (χ0v) is 4.22. The van der Waals surface area contributed by atoms with Crippen molar-refractivity contribution in [1.82, 2.24) is 0 Å². The van der Waals surface area contributed by atoms with Gasteiger partial charge in [0.2, 0.25) is 0 Å². The van der Waals surface area contributed by atoms with Crippen LogP contribution in [0.3, 0.4) is 0 Å². The molecule has 0 aromatic rings. The van der Waals surface area contributed by atoms with Crippen LogP contribution >= 0.6 is 0 Å². The van der Waals surface area contributed by atoms with Crippen molar-refractivity contribution in [1.29, 1.82) is 0 Å². The van der Waals surface area contributed by atoms with Gasteiger partial charge in [-0.1, -0.05) is 0 Å². The molecule has 0 aliphatic rings. The third kappa shape index (κ3) is 53.2. The van der Waals surface area contributed by atoms with Crippen LogP contribution < -0.4 is 5.73 Å². The molecule has 0 atom stereocenters. The van der Waals surface area contributed by atoms with Gasteiger partial charge in [0.15, 0.2) is 0 Å². The normalized spacial score (nSPS) is 6.00. The van der Waals surface area contributed by atoms with Crippen molar-refractivity contribution >= 4 is 26.2 Å². The molecule has 0 aliphatic carbocycles. The summed E-state index contributed by atoms with van der Waals surface area (Å²) in [6.45, 7) is 0. The molecule has 1 radical (unpaired) electrons. The Kier molecular flexibility index (Phi) is 1.67. The summed E-state index contributed by atoms with van der Waals surface area (Å²) in [5.41, 5.74) is 4.48. The monoisotopic (exact) mass is 174 g/mol. The van der Waals surface area contributed by atoms with Crippen molar-refractivity contribution in [3.8, 4) is 0 Å². The molecule has 1 amide bonds. The fraction of sp³-hybridized carbons (Fsp3) is 0. The molecular formula is CH2NOTe. The number of rotatable bonds is 0. The molecule has 0 bridgehead atoms. The van der Waals surface area contributed by atoms with Crippen LogP contribution in [0, 0.1) is 0 Å². The number of carbonyl (C=O) groups excluding carboxylic acids is 1. The van der Waals surface area contributed by atoms with Crippen molar-refractivity contribution in [3.05, 3.63) is 0 Å². The van der Waals surface area contributed by atoms with Crippen LogP contribution in [0.15, 0.2) is 0 Å². The van der Waals surface area contributed by atoms with Crippen LogP contribution in [-0.4, -0.2) is 26.2 Å². The Bertz CT molecular complexity index is 31.0. The van der Waals surface area contributed by atoms with Gasteiger partial charge in [0.05, 0.1) is 0 Å². The van der Waals surface area contributed by atoms with Crippen molar-refractivity contribution < 1.29 is 4.79 Å². The van der Waals surface area contributed by atoms with Crippen molar-refractivity contribution in [2.45, 2.75) is 0 Å². The van der Waals surface area contributed by atoms with E-state index in [2.05, 4.69) is 5.73 Å². The average Bonchev–Trinajstić information content (AvgIpc) is 0.811. The van der Waals surface area contributed by atoms with Gasteiger partial charge in [-0.2, -0.15) is 0 Å². The Morgan fingerprint density at radius 1 is 2.00 bits per heavy atom. The van der Waals surface area contributed by atoms with E-state index >= 15 is 0 Å². The molecule has 4 heavy (non-hydrogen) atoms. The number of nitrogens with two attached hydrogens (primary N) is 1. The molecule has 0 aromatic heterocycles. The molecule has 0 spiro atoms. The van der Waals surface area contributed by atoms with Crippen molar-refractivity contribution in [3.63, 3.8) is 0 Å². The Morgan fingerprint density at radius 2 is 2.00 bits per heavy atom. The first kappa shape index (κ1) is 4.26. The fourth-order valence-corrected chi connectivity index (χ4v) is 0. The first-order chi connectivity index (χ1) is 1.73. The summed E-state index contributed by atoms with van der Waals surface area (Å²) in [5.74, 6) is 0. The summed E-state index contributed by atoms with van der Waals surface area (Å²) in [6, 6.07) is 0. The molecule has 0 saturated carbocycles. The van der Waals surface area contributed by atoms with E-state index in [1.54, 1.807) is 0 Å². The quantitative estimate of drug-likeness (QED) is 0.478. The number of hydrogen-bond acceptors (Lipinski definition) is 1. The second kappa shape index (κ2) is 1.57. The van der Waals surface area contributed by atoms with E-state index in [4.69, 9.17) is 0 Å². The minimum atomic E-state index is -0.323. The fourth-order valence-electron chi connectivity index (χ4n) is 0. The summed E-state index contributed by atoms with van der Waals surface area (Å²) in [6.07, 6.45) is 0. The topological polar surface area (TPSA) is 43.1 Å². The zero-order chi connectivity index (χ0) is 3.58. The van der Waals surface area contributed by atoms with Gasteiger partial charge in [-0.25, -0.2) is 0 Å². The molecule has 23 valence electrons. The van der Waals surface area contributed by atoms with E-state index in [1.165, 1.54) is 22.3 Å². The summed E-state index contributed by atoms with van der Waals surface area (Å²) in [4.78, 5) is 9.23. The van der Waals surface area contributed by atoms with E-state index in [1.807, 2.05) is 0 Å². The number of amides is 1. The van der Waals surface area contributed by atoms with Crippen LogP contribution in [-0.2, 0) is 0 Å². The van der Waals surface area contributed by atoms with Gasteiger partial charge in [0, 0.05) is 0 Å². The first-order valence-corrected chi connectivity index (χ1v) is 1.86. The van der Waals surface area contributed by atoms with Crippen LogP contribution in [0.1, 0.15) is 0 Å². The molecule has 0 fully saturated rings. The predicted octanol–water partition coefficient (Wildman–Crippen LogP) is -0.766. The van der Waals surface area contributed by atoms with Crippen LogP contribution in [0.2, 0.25) is 0 Å². The summed E-state index contributed by atoms with van der Waals surface area (Å²) in [5, 5.41) is 0. The van der Waals surface area contributed by atoms with Gasteiger partial charge in [-0.05, 0) is 0 Å². The summed E-state index contributed by atoms with van der Waals surface area (Å²) < 4.78 is -0.323. The SMILES string of the molecule is NC(=O)[Te]. The Labute approximate surface area is 37.3 Å². The maximum atomic E-state index is 9.23. The van der Waals surface area contributed by atoms with Gasteiger partial charge in [0.1, 0.15) is 0 Å². The molecule has 0 rings (SSSR count). The molecule has 0 heterocycles. The van der Waals surface area contributed by atoms with E-state index < -0.39 is 0 Å². The second-order valence-corrected chi connectivity index (χ2v) is 1.47. The zero-order valence-electron chi connectivity index (χ0n) is 1.89. The van der Waals surface area contributed by atoms with E-state index in [0.717, 1.165) is 0 Å². The average molecular weight is 172 g/mol. The number of primary amides is 1. The summed E-state index contributed by atoms with van der Waals surface area (Å²) in [7, 11) is 0. The molecule has 2 N–H and O–H groups in total. The van der Waals surface area contributed by atoms with E-state index in [9.17, 15) is 4.79 Å². The molecule has 0 saturated heterocycles. The second-order valence-electron chi connectivity index (χ2n) is 0.319. The van der Waals surface area contributed by atoms with Crippen LogP contribution in [0.4, 0.5) is 4.79 Å². The van der Waals surface area contributed by atoms with Crippen molar-refractivity contribution in [2.75, 3.05) is 0 Å². The predicted molar refractivity (Wildman–Crippen MR) is 15.3 cm³/mol. The molecular weight excluding hydrogens is 170 g/mol. The first-order valence-electron chi connectivity index (χ1n) is 0.697. The van der Waals surface area contributed by atoms with Crippen LogP contribution in [0.25, 0.3) is 0 Å². The maximum absolute atomic E-state index is 9.23. The Morgan fingerprint density at radius 3 is 2.00 bits per heavy atom. The standard InChI is InChI=1S/CH2NOTe/c2-1(3)4/h(H2,2,3). The molecule has 0 unspecified atom stereocenters. The van der Waals surface area contributed by atoms with Gasteiger partial charge >= 0.3 is 36.8 Å². The van der Waals surface area contributed by atoms with Gasteiger partial charge in [0.25, 0.3) is 0 Å². The van der Waals surface area contributed by atoms with Gasteiger partial charge in [-0.3, -0.25) is 0 Å². The Balaban J connectivity index is 2.80. The van der Waals surface area contributed by atoms with Gasteiger partial charge in [-0.15, -0.1) is 0 Å². The third-order valence-corrected chi connectivity index (χ3v) is 0. The third-order valence-electron chi connectivity index (χ3n) is 0. The Hall–Kier alpha value is 0.260. The minimum absolute atomic E-state index is 0.323. The summed E-state index contributed by atoms with van der Waals surface area (Å²) >= 11 is 1.25. The number of hydrogen-bond donors (Lipinski definition) is 1. The molecule has 2 nitrogen and oxygen atoms in total.